The molecule has 1 unspecified atom stereocenters. The molecule has 110 valence electrons. The molecule has 3 heteroatoms. The van der Waals surface area contributed by atoms with Gasteiger partial charge in [0, 0.05) is 6.42 Å². The van der Waals surface area contributed by atoms with Crippen molar-refractivity contribution in [2.75, 3.05) is 0 Å². The summed E-state index contributed by atoms with van der Waals surface area (Å²) in [6.07, 6.45) is 4.17. The third kappa shape index (κ3) is 3.13. The van der Waals surface area contributed by atoms with Crippen molar-refractivity contribution >= 4 is 0 Å². The SMILES string of the molecule is OC(Cc1ccc(F)c(F)c1)c1ccc2c(c1)CCCC2. The molecule has 0 spiro atoms. The molecule has 1 nitrogen and oxygen atoms in total. The molecule has 0 radical (unpaired) electrons. The highest BCUT2D eigenvalue weighted by atomic mass is 19.2. The first-order valence-corrected chi connectivity index (χ1v) is 7.37. The van der Waals surface area contributed by atoms with Crippen LogP contribution in [-0.2, 0) is 19.3 Å². The Morgan fingerprint density at radius 2 is 1.67 bits per heavy atom. The summed E-state index contributed by atoms with van der Waals surface area (Å²) in [7, 11) is 0. The van der Waals surface area contributed by atoms with Crippen molar-refractivity contribution in [2.45, 2.75) is 38.2 Å². The van der Waals surface area contributed by atoms with Crippen molar-refractivity contribution in [3.8, 4) is 0 Å². The Hall–Kier alpha value is -1.74. The average Bonchev–Trinajstić information content (AvgIpc) is 2.50. The van der Waals surface area contributed by atoms with E-state index in [9.17, 15) is 13.9 Å². The van der Waals surface area contributed by atoms with Gasteiger partial charge in [-0.05, 0) is 60.1 Å². The standard InChI is InChI=1S/C18H18F2O/c19-16-8-5-12(9-17(16)20)10-18(21)15-7-6-13-3-1-2-4-14(13)11-15/h5-9,11,18,21H,1-4,10H2. The molecular formula is C18H18F2O. The molecule has 0 fully saturated rings. The molecule has 0 saturated heterocycles. The Bertz CT molecular complexity index is 652. The smallest absolute Gasteiger partial charge is 0.159 e. The summed E-state index contributed by atoms with van der Waals surface area (Å²) in [5, 5.41) is 10.3. The van der Waals surface area contributed by atoms with Crippen LogP contribution >= 0.6 is 0 Å². The molecule has 0 aliphatic heterocycles. The van der Waals surface area contributed by atoms with Gasteiger partial charge in [0.15, 0.2) is 11.6 Å². The fraction of sp³-hybridized carbons (Fsp3) is 0.333. The largest absolute Gasteiger partial charge is 0.388 e. The van der Waals surface area contributed by atoms with E-state index in [1.54, 1.807) is 0 Å². The summed E-state index contributed by atoms with van der Waals surface area (Å²) in [5.41, 5.74) is 4.12. The molecule has 0 saturated carbocycles. The maximum atomic E-state index is 13.2. The molecule has 0 amide bonds. The van der Waals surface area contributed by atoms with Crippen LogP contribution < -0.4 is 0 Å². The zero-order valence-electron chi connectivity index (χ0n) is 11.8. The summed E-state index contributed by atoms with van der Waals surface area (Å²) >= 11 is 0. The zero-order chi connectivity index (χ0) is 14.8. The van der Waals surface area contributed by atoms with Crippen LogP contribution in [0.3, 0.4) is 0 Å². The zero-order valence-corrected chi connectivity index (χ0v) is 11.8. The minimum absolute atomic E-state index is 0.288. The van der Waals surface area contributed by atoms with Gasteiger partial charge in [-0.1, -0.05) is 24.3 Å². The maximum absolute atomic E-state index is 13.2. The van der Waals surface area contributed by atoms with Gasteiger partial charge in [-0.2, -0.15) is 0 Å². The normalized spacial score (nSPS) is 15.6. The second-order valence-corrected chi connectivity index (χ2v) is 5.70. The Labute approximate surface area is 123 Å². The first-order chi connectivity index (χ1) is 10.1. The predicted octanol–water partition coefficient (Wildman–Crippen LogP) is 4.12. The lowest BCUT2D eigenvalue weighted by Crippen LogP contribution is -2.07. The molecule has 1 atom stereocenters. The molecule has 21 heavy (non-hydrogen) atoms. The van der Waals surface area contributed by atoms with Gasteiger partial charge in [0.05, 0.1) is 6.10 Å². The first-order valence-electron chi connectivity index (χ1n) is 7.37. The van der Waals surface area contributed by atoms with Crippen molar-refractivity contribution < 1.29 is 13.9 Å². The summed E-state index contributed by atoms with van der Waals surface area (Å²) in [6.45, 7) is 0. The molecular weight excluding hydrogens is 270 g/mol. The van der Waals surface area contributed by atoms with Gasteiger partial charge in [-0.25, -0.2) is 8.78 Å². The van der Waals surface area contributed by atoms with Crippen LogP contribution in [0, 0.1) is 11.6 Å². The van der Waals surface area contributed by atoms with Crippen LogP contribution in [0.1, 0.15) is 41.2 Å². The number of halogens is 2. The van der Waals surface area contributed by atoms with Gasteiger partial charge >= 0.3 is 0 Å². The molecule has 2 aromatic carbocycles. The molecule has 1 N–H and O–H groups in total. The molecule has 1 aliphatic rings. The van der Waals surface area contributed by atoms with E-state index >= 15 is 0 Å². The maximum Gasteiger partial charge on any atom is 0.159 e. The lowest BCUT2D eigenvalue weighted by atomic mass is 9.89. The topological polar surface area (TPSA) is 20.2 Å². The highest BCUT2D eigenvalue weighted by molar-refractivity contribution is 5.35. The Morgan fingerprint density at radius 1 is 0.905 bits per heavy atom. The second-order valence-electron chi connectivity index (χ2n) is 5.70. The minimum Gasteiger partial charge on any atom is -0.388 e. The molecule has 0 aromatic heterocycles. The van der Waals surface area contributed by atoms with Crippen molar-refractivity contribution in [1.29, 1.82) is 0 Å². The highest BCUT2D eigenvalue weighted by Crippen LogP contribution is 2.26. The van der Waals surface area contributed by atoms with Gasteiger partial charge in [0.25, 0.3) is 0 Å². The fourth-order valence-electron chi connectivity index (χ4n) is 2.97. The van der Waals surface area contributed by atoms with Crippen LogP contribution in [0.2, 0.25) is 0 Å². The van der Waals surface area contributed by atoms with E-state index < -0.39 is 17.7 Å². The number of aliphatic hydroxyl groups excluding tert-OH is 1. The number of benzene rings is 2. The quantitative estimate of drug-likeness (QED) is 0.900. The van der Waals surface area contributed by atoms with Gasteiger partial charge in [-0.3, -0.25) is 0 Å². The van der Waals surface area contributed by atoms with Crippen molar-refractivity contribution in [3.63, 3.8) is 0 Å². The van der Waals surface area contributed by atoms with Crippen LogP contribution in [0.25, 0.3) is 0 Å². The summed E-state index contributed by atoms with van der Waals surface area (Å²) in [5.74, 6) is -1.73. The number of fused-ring (bicyclic) bond motifs is 1. The monoisotopic (exact) mass is 288 g/mol. The van der Waals surface area contributed by atoms with Crippen LogP contribution in [0.5, 0.6) is 0 Å². The first kappa shape index (κ1) is 14.2. The fourth-order valence-corrected chi connectivity index (χ4v) is 2.97. The van der Waals surface area contributed by atoms with Gasteiger partial charge in [-0.15, -0.1) is 0 Å². The van der Waals surface area contributed by atoms with Crippen LogP contribution in [0.15, 0.2) is 36.4 Å². The lowest BCUT2D eigenvalue weighted by molar-refractivity contribution is 0.178. The summed E-state index contributed by atoms with van der Waals surface area (Å²) < 4.78 is 26.1. The van der Waals surface area contributed by atoms with Crippen molar-refractivity contribution in [3.05, 3.63) is 70.3 Å². The number of hydrogen-bond donors (Lipinski definition) is 1. The van der Waals surface area contributed by atoms with E-state index in [0.29, 0.717) is 5.56 Å². The molecule has 2 aromatic rings. The highest BCUT2D eigenvalue weighted by Gasteiger charge is 2.14. The van der Waals surface area contributed by atoms with E-state index in [1.807, 2.05) is 6.07 Å². The van der Waals surface area contributed by atoms with E-state index in [4.69, 9.17) is 0 Å². The third-order valence-electron chi connectivity index (χ3n) is 4.17. The molecule has 0 heterocycles. The Balaban J connectivity index is 1.78. The minimum atomic E-state index is -0.870. The third-order valence-corrected chi connectivity index (χ3v) is 4.17. The van der Waals surface area contributed by atoms with Gasteiger partial charge in [0.2, 0.25) is 0 Å². The molecule has 3 rings (SSSR count). The predicted molar refractivity (Wildman–Crippen MR) is 78.1 cm³/mol. The number of aliphatic hydroxyl groups is 1. The average molecular weight is 288 g/mol. The van der Waals surface area contributed by atoms with Crippen LogP contribution in [0.4, 0.5) is 8.78 Å². The Kier molecular flexibility index (Phi) is 4.02. The number of aryl methyl sites for hydroxylation is 2. The summed E-state index contributed by atoms with van der Waals surface area (Å²) in [4.78, 5) is 0. The molecule has 0 bridgehead atoms. The summed E-state index contributed by atoms with van der Waals surface area (Å²) in [6, 6.07) is 9.84. The van der Waals surface area contributed by atoms with Crippen molar-refractivity contribution in [2.24, 2.45) is 0 Å². The number of rotatable bonds is 3. The van der Waals surface area contributed by atoms with E-state index in [1.165, 1.54) is 30.0 Å². The van der Waals surface area contributed by atoms with Gasteiger partial charge < -0.3 is 5.11 Å². The van der Waals surface area contributed by atoms with E-state index in [2.05, 4.69) is 12.1 Å². The van der Waals surface area contributed by atoms with Crippen molar-refractivity contribution in [1.82, 2.24) is 0 Å². The van der Waals surface area contributed by atoms with Gasteiger partial charge in [0.1, 0.15) is 0 Å². The second kappa shape index (κ2) is 5.94. The van der Waals surface area contributed by atoms with E-state index in [0.717, 1.165) is 30.5 Å². The van der Waals surface area contributed by atoms with E-state index in [-0.39, 0.29) is 6.42 Å². The molecule has 1 aliphatic carbocycles. The lowest BCUT2D eigenvalue weighted by Gasteiger charge is -2.19. The van der Waals surface area contributed by atoms with Crippen LogP contribution in [-0.4, -0.2) is 5.11 Å². The Morgan fingerprint density at radius 3 is 2.43 bits per heavy atom. The number of hydrogen-bond acceptors (Lipinski definition) is 1.